The molecule has 0 atom stereocenters. The van der Waals surface area contributed by atoms with Crippen LogP contribution in [-0.4, -0.2) is 15.1 Å². The van der Waals surface area contributed by atoms with Crippen molar-refractivity contribution in [2.24, 2.45) is 0 Å². The maximum atomic E-state index is 5.79. The zero-order chi connectivity index (χ0) is 13.9. The van der Waals surface area contributed by atoms with Crippen molar-refractivity contribution in [1.82, 2.24) is 15.1 Å². The van der Waals surface area contributed by atoms with E-state index in [9.17, 15) is 0 Å². The third kappa shape index (κ3) is 2.97. The van der Waals surface area contributed by atoms with Gasteiger partial charge in [-0.05, 0) is 31.2 Å². The van der Waals surface area contributed by atoms with Crippen molar-refractivity contribution >= 4 is 28.6 Å². The van der Waals surface area contributed by atoms with E-state index in [0.29, 0.717) is 22.7 Å². The predicted octanol–water partition coefficient (Wildman–Crippen LogP) is 3.77. The molecule has 0 fully saturated rings. The lowest BCUT2D eigenvalue weighted by Gasteiger charge is -2.04. The monoisotopic (exact) mass is 306 g/mol. The van der Waals surface area contributed by atoms with Crippen LogP contribution in [0.5, 0.6) is 0 Å². The van der Waals surface area contributed by atoms with Crippen LogP contribution in [0.2, 0.25) is 4.47 Å². The lowest BCUT2D eigenvalue weighted by atomic mass is 10.2. The highest BCUT2D eigenvalue weighted by atomic mass is 35.5. The molecule has 7 heteroatoms. The number of hydrogen-bond acceptors (Lipinski definition) is 6. The topological polar surface area (TPSA) is 63.8 Å². The summed E-state index contributed by atoms with van der Waals surface area (Å²) in [5, 5.41) is 7.08. The van der Waals surface area contributed by atoms with Crippen LogP contribution in [0.4, 0.5) is 5.69 Å². The fourth-order valence-corrected chi connectivity index (χ4v) is 2.62. The van der Waals surface area contributed by atoms with Crippen molar-refractivity contribution in [2.45, 2.75) is 13.5 Å². The molecule has 0 aliphatic rings. The van der Waals surface area contributed by atoms with Crippen molar-refractivity contribution in [3.8, 4) is 11.5 Å². The van der Waals surface area contributed by atoms with Crippen LogP contribution >= 0.6 is 22.9 Å². The van der Waals surface area contributed by atoms with Gasteiger partial charge >= 0.3 is 0 Å². The predicted molar refractivity (Wildman–Crippen MR) is 78.9 cm³/mol. The molecule has 0 amide bonds. The van der Waals surface area contributed by atoms with E-state index in [1.54, 1.807) is 13.1 Å². The van der Waals surface area contributed by atoms with Crippen LogP contribution in [0.1, 0.15) is 10.7 Å². The van der Waals surface area contributed by atoms with E-state index < -0.39 is 0 Å². The van der Waals surface area contributed by atoms with E-state index in [0.717, 1.165) is 16.1 Å². The molecular formula is C13H11ClN4OS. The van der Waals surface area contributed by atoms with Gasteiger partial charge in [-0.1, -0.05) is 16.8 Å². The van der Waals surface area contributed by atoms with E-state index in [1.807, 2.05) is 24.3 Å². The van der Waals surface area contributed by atoms with E-state index in [2.05, 4.69) is 20.4 Å². The van der Waals surface area contributed by atoms with Gasteiger partial charge in [0.2, 0.25) is 0 Å². The Morgan fingerprint density at radius 2 is 2.10 bits per heavy atom. The van der Waals surface area contributed by atoms with Gasteiger partial charge in [0.15, 0.2) is 10.3 Å². The van der Waals surface area contributed by atoms with Crippen LogP contribution in [0.15, 0.2) is 35.0 Å². The van der Waals surface area contributed by atoms with E-state index >= 15 is 0 Å². The molecule has 2 aromatic heterocycles. The Kier molecular flexibility index (Phi) is 3.66. The van der Waals surface area contributed by atoms with Gasteiger partial charge < -0.3 is 9.84 Å². The average Bonchev–Trinajstić information content (AvgIpc) is 3.06. The zero-order valence-electron chi connectivity index (χ0n) is 10.6. The second-order valence-electron chi connectivity index (χ2n) is 4.16. The third-order valence-corrected chi connectivity index (χ3v) is 3.77. The maximum Gasteiger partial charge on any atom is 0.257 e. The number of rotatable bonds is 4. The van der Waals surface area contributed by atoms with Gasteiger partial charge in [-0.2, -0.15) is 4.98 Å². The minimum Gasteiger partial charge on any atom is -0.380 e. The van der Waals surface area contributed by atoms with Gasteiger partial charge in [-0.3, -0.25) is 0 Å². The van der Waals surface area contributed by atoms with Crippen LogP contribution in [0.3, 0.4) is 0 Å². The van der Waals surface area contributed by atoms with Crippen LogP contribution < -0.4 is 5.32 Å². The number of anilines is 1. The van der Waals surface area contributed by atoms with Gasteiger partial charge in [0.1, 0.15) is 0 Å². The number of halogens is 1. The lowest BCUT2D eigenvalue weighted by Crippen LogP contribution is -1.96. The summed E-state index contributed by atoms with van der Waals surface area (Å²) in [5.74, 6) is 1.16. The van der Waals surface area contributed by atoms with Crippen molar-refractivity contribution in [2.75, 3.05) is 5.32 Å². The van der Waals surface area contributed by atoms with Crippen LogP contribution in [0, 0.1) is 6.92 Å². The van der Waals surface area contributed by atoms with E-state index in [-0.39, 0.29) is 0 Å². The summed E-state index contributed by atoms with van der Waals surface area (Å²) < 4.78 is 5.68. The van der Waals surface area contributed by atoms with Crippen molar-refractivity contribution in [1.29, 1.82) is 0 Å². The Morgan fingerprint density at radius 1 is 1.30 bits per heavy atom. The first-order valence-corrected chi connectivity index (χ1v) is 7.15. The number of aromatic nitrogens is 3. The van der Waals surface area contributed by atoms with E-state index in [1.165, 1.54) is 11.3 Å². The first-order valence-electron chi connectivity index (χ1n) is 5.95. The fraction of sp³-hybridized carbons (Fsp3) is 0.154. The van der Waals surface area contributed by atoms with Crippen LogP contribution in [0.25, 0.3) is 11.5 Å². The van der Waals surface area contributed by atoms with Gasteiger partial charge in [-0.25, -0.2) is 4.98 Å². The molecular weight excluding hydrogens is 296 g/mol. The number of nitrogens with one attached hydrogen (secondary N) is 1. The van der Waals surface area contributed by atoms with Gasteiger partial charge in [0.05, 0.1) is 6.54 Å². The quantitative estimate of drug-likeness (QED) is 0.795. The molecule has 0 saturated carbocycles. The summed E-state index contributed by atoms with van der Waals surface area (Å²) in [5.41, 5.74) is 1.91. The normalized spacial score (nSPS) is 10.7. The summed E-state index contributed by atoms with van der Waals surface area (Å²) in [6.45, 7) is 2.49. The lowest BCUT2D eigenvalue weighted by molar-refractivity contribution is 0.425. The maximum absolute atomic E-state index is 5.79. The van der Waals surface area contributed by atoms with Gasteiger partial charge in [0, 0.05) is 22.3 Å². The smallest absolute Gasteiger partial charge is 0.257 e. The Balaban J connectivity index is 1.67. The second kappa shape index (κ2) is 5.60. The molecule has 2 heterocycles. The molecule has 0 spiro atoms. The van der Waals surface area contributed by atoms with Crippen molar-refractivity contribution < 1.29 is 4.52 Å². The molecule has 0 bridgehead atoms. The molecule has 20 heavy (non-hydrogen) atoms. The molecule has 1 N–H and O–H groups in total. The molecule has 0 radical (unpaired) electrons. The highest BCUT2D eigenvalue weighted by molar-refractivity contribution is 7.15. The molecule has 0 saturated heterocycles. The largest absolute Gasteiger partial charge is 0.380 e. The van der Waals surface area contributed by atoms with Gasteiger partial charge in [-0.15, -0.1) is 11.3 Å². The van der Waals surface area contributed by atoms with Crippen LogP contribution in [-0.2, 0) is 6.54 Å². The molecule has 0 aliphatic heterocycles. The average molecular weight is 307 g/mol. The molecule has 1 aromatic carbocycles. The minimum atomic E-state index is 0.531. The number of benzene rings is 1. The first kappa shape index (κ1) is 13.1. The Morgan fingerprint density at radius 3 is 2.70 bits per heavy atom. The molecule has 3 rings (SSSR count). The first-order chi connectivity index (χ1) is 9.70. The van der Waals surface area contributed by atoms with E-state index in [4.69, 9.17) is 16.1 Å². The standard InChI is InChI=1S/C13H11ClN4OS/c1-8-17-12(19-18-8)9-2-4-10(5-3-9)15-6-11-7-16-13(14)20-11/h2-5,7,15H,6H2,1H3. The highest BCUT2D eigenvalue weighted by Crippen LogP contribution is 2.21. The molecule has 3 aromatic rings. The summed E-state index contributed by atoms with van der Waals surface area (Å²) in [6.07, 6.45) is 1.77. The number of hydrogen-bond donors (Lipinski definition) is 1. The molecule has 0 unspecified atom stereocenters. The van der Waals surface area contributed by atoms with Gasteiger partial charge in [0.25, 0.3) is 5.89 Å². The fourth-order valence-electron chi connectivity index (χ4n) is 1.70. The Bertz CT molecular complexity index is 707. The zero-order valence-corrected chi connectivity index (χ0v) is 12.2. The minimum absolute atomic E-state index is 0.531. The number of thiazole rings is 1. The molecule has 5 nitrogen and oxygen atoms in total. The second-order valence-corrected chi connectivity index (χ2v) is 5.85. The Hall–Kier alpha value is -1.92. The summed E-state index contributed by atoms with van der Waals surface area (Å²) in [4.78, 5) is 9.28. The summed E-state index contributed by atoms with van der Waals surface area (Å²) in [7, 11) is 0. The van der Waals surface area contributed by atoms with Crippen molar-refractivity contribution in [3.63, 3.8) is 0 Å². The van der Waals surface area contributed by atoms with Crippen molar-refractivity contribution in [3.05, 3.63) is 45.6 Å². The SMILES string of the molecule is Cc1noc(-c2ccc(NCc3cnc(Cl)s3)cc2)n1. The Labute approximate surface area is 124 Å². The highest BCUT2D eigenvalue weighted by Gasteiger charge is 2.06. The summed E-state index contributed by atoms with van der Waals surface area (Å²) in [6, 6.07) is 7.82. The number of nitrogens with zero attached hydrogens (tertiary/aromatic N) is 3. The number of aryl methyl sites for hydroxylation is 1. The third-order valence-electron chi connectivity index (χ3n) is 2.65. The molecule has 0 aliphatic carbocycles. The molecule has 102 valence electrons. The summed E-state index contributed by atoms with van der Waals surface area (Å²) >= 11 is 7.26.